The maximum Gasteiger partial charge on any atom is 0.321 e. The normalized spacial score (nSPS) is 19.1. The van der Waals surface area contributed by atoms with Crippen molar-refractivity contribution in [3.63, 3.8) is 0 Å². The van der Waals surface area contributed by atoms with Crippen molar-refractivity contribution < 1.29 is 19.1 Å². The zero-order chi connectivity index (χ0) is 20.4. The van der Waals surface area contributed by atoms with Gasteiger partial charge in [0.15, 0.2) is 0 Å². The second-order valence-corrected chi connectivity index (χ2v) is 7.41. The molecule has 1 aromatic carbocycles. The van der Waals surface area contributed by atoms with E-state index < -0.39 is 6.03 Å². The highest BCUT2D eigenvalue weighted by molar-refractivity contribution is 5.95. The lowest BCUT2D eigenvalue weighted by Crippen LogP contribution is -2.49. The van der Waals surface area contributed by atoms with Crippen LogP contribution in [-0.2, 0) is 20.9 Å². The summed E-state index contributed by atoms with van der Waals surface area (Å²) >= 11 is 0. The van der Waals surface area contributed by atoms with Gasteiger partial charge >= 0.3 is 12.0 Å². The highest BCUT2D eigenvalue weighted by Crippen LogP contribution is 2.23. The molecule has 0 heterocycles. The lowest BCUT2D eigenvalue weighted by molar-refractivity contribution is -0.141. The molecule has 3 amide bonds. The molecule has 0 saturated heterocycles. The number of imide groups is 1. The van der Waals surface area contributed by atoms with E-state index in [1.807, 2.05) is 35.2 Å². The standard InChI is InChI=1S/C21H31N3O4/c1-16-8-6-7-11-18(16)22-21(27)23-19(25)15-24(13-12-20(26)28-2)14-17-9-4-3-5-10-17/h3-5,9-10,16,18H,6-8,11-15H2,1-2H3,(H2,22,23,25,27)/t16-,18-/m1/s1. The lowest BCUT2D eigenvalue weighted by atomic mass is 9.86. The van der Waals surface area contributed by atoms with Crippen LogP contribution in [0.15, 0.2) is 30.3 Å². The van der Waals surface area contributed by atoms with Crippen molar-refractivity contribution in [3.8, 4) is 0 Å². The Bertz CT molecular complexity index is 650. The van der Waals surface area contributed by atoms with Gasteiger partial charge in [-0.15, -0.1) is 0 Å². The minimum Gasteiger partial charge on any atom is -0.469 e. The smallest absolute Gasteiger partial charge is 0.321 e. The van der Waals surface area contributed by atoms with E-state index in [9.17, 15) is 14.4 Å². The molecule has 1 aromatic rings. The number of methoxy groups -OCH3 is 1. The minimum absolute atomic E-state index is 0.0273. The number of esters is 1. The summed E-state index contributed by atoms with van der Waals surface area (Å²) in [5, 5.41) is 5.34. The van der Waals surface area contributed by atoms with E-state index in [-0.39, 0.29) is 30.9 Å². The minimum atomic E-state index is -0.448. The summed E-state index contributed by atoms with van der Waals surface area (Å²) in [5.74, 6) is -0.298. The summed E-state index contributed by atoms with van der Waals surface area (Å²) in [6.07, 6.45) is 4.51. The molecular formula is C21H31N3O4. The van der Waals surface area contributed by atoms with Gasteiger partial charge in [0.2, 0.25) is 5.91 Å². The molecule has 1 saturated carbocycles. The molecule has 0 unspecified atom stereocenters. The van der Waals surface area contributed by atoms with Crippen molar-refractivity contribution >= 4 is 17.9 Å². The Labute approximate surface area is 166 Å². The Morgan fingerprint density at radius 3 is 2.54 bits per heavy atom. The van der Waals surface area contributed by atoms with Crippen LogP contribution in [0.25, 0.3) is 0 Å². The Morgan fingerprint density at radius 2 is 1.86 bits per heavy atom. The van der Waals surface area contributed by atoms with Crippen LogP contribution in [0, 0.1) is 5.92 Å². The molecule has 7 nitrogen and oxygen atoms in total. The van der Waals surface area contributed by atoms with E-state index in [1.54, 1.807) is 0 Å². The van der Waals surface area contributed by atoms with Crippen LogP contribution in [-0.4, -0.2) is 49.0 Å². The van der Waals surface area contributed by atoms with Gasteiger partial charge in [-0.25, -0.2) is 4.79 Å². The zero-order valence-electron chi connectivity index (χ0n) is 16.8. The average molecular weight is 389 g/mol. The van der Waals surface area contributed by atoms with Crippen LogP contribution in [0.3, 0.4) is 0 Å². The number of amides is 3. The van der Waals surface area contributed by atoms with Gasteiger partial charge in [-0.05, 0) is 24.3 Å². The molecule has 28 heavy (non-hydrogen) atoms. The van der Waals surface area contributed by atoms with E-state index in [1.165, 1.54) is 13.5 Å². The summed E-state index contributed by atoms with van der Waals surface area (Å²) < 4.78 is 4.68. The molecule has 2 atom stereocenters. The van der Waals surface area contributed by atoms with Gasteiger partial charge in [0.1, 0.15) is 0 Å². The number of rotatable bonds is 8. The topological polar surface area (TPSA) is 87.7 Å². The average Bonchev–Trinajstić information content (AvgIpc) is 2.68. The predicted molar refractivity (Wildman–Crippen MR) is 106 cm³/mol. The van der Waals surface area contributed by atoms with Gasteiger partial charge in [0.25, 0.3) is 0 Å². The molecule has 0 radical (unpaired) electrons. The quantitative estimate of drug-likeness (QED) is 0.667. The first-order valence-electron chi connectivity index (χ1n) is 9.91. The van der Waals surface area contributed by atoms with E-state index in [2.05, 4.69) is 22.3 Å². The molecule has 0 aliphatic heterocycles. The maximum atomic E-state index is 12.4. The summed E-state index contributed by atoms with van der Waals surface area (Å²) in [6, 6.07) is 9.35. The van der Waals surface area contributed by atoms with E-state index in [4.69, 9.17) is 0 Å². The zero-order valence-corrected chi connectivity index (χ0v) is 16.8. The number of nitrogens with one attached hydrogen (secondary N) is 2. The molecule has 0 spiro atoms. The molecule has 0 aromatic heterocycles. The molecule has 1 fully saturated rings. The monoisotopic (exact) mass is 389 g/mol. The summed E-state index contributed by atoms with van der Waals surface area (Å²) in [6.45, 7) is 3.03. The van der Waals surface area contributed by atoms with E-state index in [0.717, 1.165) is 24.8 Å². The van der Waals surface area contributed by atoms with E-state index >= 15 is 0 Å². The van der Waals surface area contributed by atoms with Crippen LogP contribution in [0.5, 0.6) is 0 Å². The third kappa shape index (κ3) is 7.68. The second kappa shape index (κ2) is 11.4. The maximum absolute atomic E-state index is 12.4. The van der Waals surface area contributed by atoms with Crippen LogP contribution >= 0.6 is 0 Å². The van der Waals surface area contributed by atoms with Crippen molar-refractivity contribution in [3.05, 3.63) is 35.9 Å². The van der Waals surface area contributed by atoms with Crippen LogP contribution in [0.2, 0.25) is 0 Å². The fraction of sp³-hybridized carbons (Fsp3) is 0.571. The van der Waals surface area contributed by atoms with Crippen LogP contribution in [0.1, 0.15) is 44.6 Å². The van der Waals surface area contributed by atoms with Gasteiger partial charge in [0.05, 0.1) is 20.1 Å². The van der Waals surface area contributed by atoms with Gasteiger partial charge in [0, 0.05) is 19.1 Å². The molecular weight excluding hydrogens is 358 g/mol. The SMILES string of the molecule is COC(=O)CCN(CC(=O)NC(=O)N[C@@H]1CCCC[C@H]1C)Cc1ccccc1. The highest BCUT2D eigenvalue weighted by Gasteiger charge is 2.23. The number of carbonyl (C=O) groups is 3. The second-order valence-electron chi connectivity index (χ2n) is 7.41. The molecule has 1 aliphatic carbocycles. The number of nitrogens with zero attached hydrogens (tertiary/aromatic N) is 1. The molecule has 154 valence electrons. The Balaban J connectivity index is 1.86. The summed E-state index contributed by atoms with van der Waals surface area (Å²) in [4.78, 5) is 37.8. The third-order valence-electron chi connectivity index (χ3n) is 5.16. The van der Waals surface area contributed by atoms with Crippen molar-refractivity contribution in [1.29, 1.82) is 0 Å². The van der Waals surface area contributed by atoms with Gasteiger partial charge in [-0.1, -0.05) is 50.1 Å². The molecule has 2 N–H and O–H groups in total. The summed E-state index contributed by atoms with van der Waals surface area (Å²) in [5.41, 5.74) is 1.03. The van der Waals surface area contributed by atoms with Crippen LogP contribution < -0.4 is 10.6 Å². The predicted octanol–water partition coefficient (Wildman–Crippen LogP) is 2.46. The number of ether oxygens (including phenoxy) is 1. The van der Waals surface area contributed by atoms with Crippen molar-refractivity contribution in [1.82, 2.24) is 15.5 Å². The first kappa shape index (κ1) is 21.9. The fourth-order valence-electron chi connectivity index (χ4n) is 3.51. The number of benzene rings is 1. The first-order valence-corrected chi connectivity index (χ1v) is 9.91. The van der Waals surface area contributed by atoms with Crippen molar-refractivity contribution in [2.24, 2.45) is 5.92 Å². The Kier molecular flexibility index (Phi) is 8.94. The van der Waals surface area contributed by atoms with Crippen molar-refractivity contribution in [2.45, 2.75) is 51.6 Å². The molecule has 7 heteroatoms. The highest BCUT2D eigenvalue weighted by atomic mass is 16.5. The van der Waals surface area contributed by atoms with Crippen molar-refractivity contribution in [2.75, 3.05) is 20.2 Å². The Morgan fingerprint density at radius 1 is 1.14 bits per heavy atom. The van der Waals surface area contributed by atoms with Gasteiger partial charge < -0.3 is 10.1 Å². The first-order chi connectivity index (χ1) is 13.5. The number of carbonyl (C=O) groups excluding carboxylic acids is 3. The molecule has 0 bridgehead atoms. The number of hydrogen-bond acceptors (Lipinski definition) is 5. The lowest BCUT2D eigenvalue weighted by Gasteiger charge is -2.29. The van der Waals surface area contributed by atoms with E-state index in [0.29, 0.717) is 19.0 Å². The number of hydrogen-bond donors (Lipinski definition) is 2. The van der Waals surface area contributed by atoms with Gasteiger partial charge in [-0.2, -0.15) is 0 Å². The molecule has 1 aliphatic rings. The van der Waals surface area contributed by atoms with Crippen LogP contribution in [0.4, 0.5) is 4.79 Å². The fourth-order valence-corrected chi connectivity index (χ4v) is 3.51. The largest absolute Gasteiger partial charge is 0.469 e. The summed E-state index contributed by atoms with van der Waals surface area (Å²) in [7, 11) is 1.34. The Hall–Kier alpha value is -2.41. The molecule has 2 rings (SSSR count). The number of urea groups is 1. The third-order valence-corrected chi connectivity index (χ3v) is 5.16. The van der Waals surface area contributed by atoms with Gasteiger partial charge in [-0.3, -0.25) is 19.8 Å².